The Morgan fingerprint density at radius 2 is 1.95 bits per heavy atom. The summed E-state index contributed by atoms with van der Waals surface area (Å²) in [5.74, 6) is 0. The molecule has 0 saturated carbocycles. The van der Waals surface area contributed by atoms with Gasteiger partial charge in [0.2, 0.25) is 0 Å². The van der Waals surface area contributed by atoms with Crippen molar-refractivity contribution in [1.82, 2.24) is 10.2 Å². The van der Waals surface area contributed by atoms with Crippen LogP contribution in [0.5, 0.6) is 0 Å². The van der Waals surface area contributed by atoms with Gasteiger partial charge in [-0.1, -0.05) is 18.2 Å². The maximum atomic E-state index is 12.6. The molecule has 6 nitrogen and oxygen atoms in total. The van der Waals surface area contributed by atoms with Gasteiger partial charge in [-0.2, -0.15) is 5.10 Å². The van der Waals surface area contributed by atoms with Crippen LogP contribution >= 0.6 is 0 Å². The number of fused-ring (bicyclic) bond motifs is 1. The lowest BCUT2D eigenvalue weighted by atomic mass is 10.2. The van der Waals surface area contributed by atoms with Gasteiger partial charge in [-0.05, 0) is 30.7 Å². The number of nitrogen functional groups attached to an aromatic ring is 1. The topological polar surface area (TPSA) is 101 Å². The van der Waals surface area contributed by atoms with Crippen LogP contribution in [0.4, 0.5) is 11.4 Å². The number of H-pyrrole nitrogens is 1. The first-order valence-electron chi connectivity index (χ1n) is 6.29. The summed E-state index contributed by atoms with van der Waals surface area (Å²) in [6.45, 7) is 1.71. The van der Waals surface area contributed by atoms with Crippen molar-refractivity contribution in [3.63, 3.8) is 0 Å². The summed E-state index contributed by atoms with van der Waals surface area (Å²) in [6, 6.07) is 10.3. The van der Waals surface area contributed by atoms with Crippen LogP contribution in [0, 0.1) is 6.92 Å². The van der Waals surface area contributed by atoms with Crippen LogP contribution in [-0.2, 0) is 10.0 Å². The summed E-state index contributed by atoms with van der Waals surface area (Å²) in [6.07, 6.45) is 1.58. The van der Waals surface area contributed by atoms with Gasteiger partial charge in [0.15, 0.2) is 0 Å². The summed E-state index contributed by atoms with van der Waals surface area (Å²) < 4.78 is 27.8. The number of anilines is 2. The second kappa shape index (κ2) is 4.78. The molecule has 7 heteroatoms. The van der Waals surface area contributed by atoms with Crippen LogP contribution in [0.3, 0.4) is 0 Å². The highest BCUT2D eigenvalue weighted by Crippen LogP contribution is 2.28. The van der Waals surface area contributed by atoms with Gasteiger partial charge in [0.05, 0.1) is 23.1 Å². The number of nitrogens with zero attached hydrogens (tertiary/aromatic N) is 1. The van der Waals surface area contributed by atoms with Crippen molar-refractivity contribution in [3.8, 4) is 0 Å². The zero-order valence-electron chi connectivity index (χ0n) is 11.3. The van der Waals surface area contributed by atoms with Gasteiger partial charge in [0, 0.05) is 5.39 Å². The molecule has 108 valence electrons. The van der Waals surface area contributed by atoms with Crippen LogP contribution in [0.25, 0.3) is 10.9 Å². The zero-order valence-corrected chi connectivity index (χ0v) is 12.1. The predicted molar refractivity (Wildman–Crippen MR) is 82.5 cm³/mol. The molecule has 0 aliphatic rings. The Balaban J connectivity index is 2.10. The van der Waals surface area contributed by atoms with Gasteiger partial charge in [0.1, 0.15) is 4.90 Å². The highest BCUT2D eigenvalue weighted by molar-refractivity contribution is 7.93. The average Bonchev–Trinajstić information content (AvgIpc) is 2.87. The highest BCUT2D eigenvalue weighted by atomic mass is 32.2. The first-order valence-corrected chi connectivity index (χ1v) is 7.77. The molecule has 4 N–H and O–H groups in total. The Hall–Kier alpha value is -2.54. The number of nitrogens with two attached hydrogens (primary N) is 1. The Morgan fingerprint density at radius 1 is 1.19 bits per heavy atom. The van der Waals surface area contributed by atoms with E-state index in [-0.39, 0.29) is 10.6 Å². The van der Waals surface area contributed by atoms with Crippen molar-refractivity contribution < 1.29 is 8.42 Å². The Kier molecular flexibility index (Phi) is 3.06. The van der Waals surface area contributed by atoms with Crippen molar-refractivity contribution in [2.45, 2.75) is 11.8 Å². The summed E-state index contributed by atoms with van der Waals surface area (Å²) >= 11 is 0. The first kappa shape index (κ1) is 13.4. The van der Waals surface area contributed by atoms with E-state index in [4.69, 9.17) is 5.73 Å². The molecule has 0 aliphatic heterocycles. The second-order valence-corrected chi connectivity index (χ2v) is 6.35. The molecule has 0 unspecified atom stereocenters. The summed E-state index contributed by atoms with van der Waals surface area (Å²) in [5.41, 5.74) is 7.86. The van der Waals surface area contributed by atoms with Gasteiger partial charge in [-0.3, -0.25) is 9.82 Å². The summed E-state index contributed by atoms with van der Waals surface area (Å²) in [4.78, 5) is 0.102. The van der Waals surface area contributed by atoms with E-state index in [0.717, 1.165) is 5.52 Å². The first-order chi connectivity index (χ1) is 9.99. The average molecular weight is 302 g/mol. The second-order valence-electron chi connectivity index (χ2n) is 4.74. The maximum absolute atomic E-state index is 12.6. The predicted octanol–water partition coefficient (Wildman–Crippen LogP) is 2.25. The third-order valence-corrected chi connectivity index (χ3v) is 4.82. The smallest absolute Gasteiger partial charge is 0.264 e. The molecule has 0 atom stereocenters. The maximum Gasteiger partial charge on any atom is 0.264 e. The lowest BCUT2D eigenvalue weighted by Crippen LogP contribution is -2.16. The van der Waals surface area contributed by atoms with Crippen LogP contribution in [0.1, 0.15) is 5.56 Å². The Morgan fingerprint density at radius 3 is 2.71 bits per heavy atom. The molecule has 0 amide bonds. The number of benzene rings is 2. The largest absolute Gasteiger partial charge is 0.398 e. The van der Waals surface area contributed by atoms with E-state index in [1.807, 2.05) is 6.07 Å². The van der Waals surface area contributed by atoms with E-state index in [2.05, 4.69) is 14.9 Å². The van der Waals surface area contributed by atoms with E-state index in [1.165, 1.54) is 0 Å². The molecule has 21 heavy (non-hydrogen) atoms. The van der Waals surface area contributed by atoms with Crippen LogP contribution in [0.15, 0.2) is 47.5 Å². The fraction of sp³-hybridized carbons (Fsp3) is 0.0714. The van der Waals surface area contributed by atoms with Crippen molar-refractivity contribution >= 4 is 32.3 Å². The van der Waals surface area contributed by atoms with E-state index in [9.17, 15) is 8.42 Å². The molecule has 2 aromatic carbocycles. The monoisotopic (exact) mass is 302 g/mol. The van der Waals surface area contributed by atoms with Crippen molar-refractivity contribution in [2.75, 3.05) is 10.5 Å². The fourth-order valence-corrected chi connectivity index (χ4v) is 3.74. The summed E-state index contributed by atoms with van der Waals surface area (Å²) in [5, 5.41) is 7.42. The third-order valence-electron chi connectivity index (χ3n) is 3.24. The Labute approximate surface area is 122 Å². The number of hydrogen-bond donors (Lipinski definition) is 3. The molecule has 3 rings (SSSR count). The molecular formula is C14H14N4O2S. The van der Waals surface area contributed by atoms with E-state index >= 15 is 0 Å². The van der Waals surface area contributed by atoms with Crippen LogP contribution in [-0.4, -0.2) is 18.6 Å². The molecule has 1 heterocycles. The number of hydrogen-bond acceptors (Lipinski definition) is 4. The van der Waals surface area contributed by atoms with Gasteiger partial charge < -0.3 is 5.73 Å². The minimum Gasteiger partial charge on any atom is -0.398 e. The summed E-state index contributed by atoms with van der Waals surface area (Å²) in [7, 11) is -3.76. The lowest BCUT2D eigenvalue weighted by Gasteiger charge is -2.13. The van der Waals surface area contributed by atoms with Gasteiger partial charge >= 0.3 is 0 Å². The number of aromatic amines is 1. The zero-order chi connectivity index (χ0) is 15.0. The van der Waals surface area contributed by atoms with E-state index in [1.54, 1.807) is 43.5 Å². The molecule has 0 radical (unpaired) electrons. The lowest BCUT2D eigenvalue weighted by molar-refractivity contribution is 0.601. The molecule has 0 aliphatic carbocycles. The molecule has 0 fully saturated rings. The molecule has 3 aromatic rings. The van der Waals surface area contributed by atoms with Gasteiger partial charge in [-0.15, -0.1) is 0 Å². The molecule has 0 spiro atoms. The molecule has 0 bridgehead atoms. The minimum absolute atomic E-state index is 0.102. The van der Waals surface area contributed by atoms with E-state index in [0.29, 0.717) is 16.6 Å². The number of rotatable bonds is 3. The van der Waals surface area contributed by atoms with Crippen molar-refractivity contribution in [1.29, 1.82) is 0 Å². The van der Waals surface area contributed by atoms with Crippen LogP contribution < -0.4 is 10.5 Å². The highest BCUT2D eigenvalue weighted by Gasteiger charge is 2.21. The third kappa shape index (κ3) is 2.31. The number of nitrogens with one attached hydrogen (secondary N) is 2. The van der Waals surface area contributed by atoms with Gasteiger partial charge in [0.25, 0.3) is 10.0 Å². The van der Waals surface area contributed by atoms with Crippen molar-refractivity contribution in [2.24, 2.45) is 0 Å². The molecule has 0 saturated heterocycles. The molecular weight excluding hydrogens is 288 g/mol. The van der Waals surface area contributed by atoms with Crippen LogP contribution in [0.2, 0.25) is 0 Å². The minimum atomic E-state index is -3.76. The van der Waals surface area contributed by atoms with Gasteiger partial charge in [-0.25, -0.2) is 8.42 Å². The molecule has 1 aromatic heterocycles. The van der Waals surface area contributed by atoms with E-state index < -0.39 is 10.0 Å². The SMILES string of the molecule is Cc1cccc(N)c1S(=O)(=O)Nc1cccc2[nH]ncc12. The number of aryl methyl sites for hydroxylation is 1. The standard InChI is InChI=1S/C14H14N4O2S/c1-9-4-2-5-11(15)14(9)21(19,20)18-13-7-3-6-12-10(13)8-16-17-12/h2-8,18H,15H2,1H3,(H,16,17). The quantitative estimate of drug-likeness (QED) is 0.646. The number of sulfonamides is 1. The normalized spacial score (nSPS) is 11.7. The number of aromatic nitrogens is 2. The fourth-order valence-electron chi connectivity index (χ4n) is 2.30. The Bertz CT molecular complexity index is 895. The van der Waals surface area contributed by atoms with Crippen molar-refractivity contribution in [3.05, 3.63) is 48.2 Å².